The smallest absolute Gasteiger partial charge is 0.417 e. The highest BCUT2D eigenvalue weighted by atomic mass is 19.4. The van der Waals surface area contributed by atoms with Gasteiger partial charge in [-0.05, 0) is 24.6 Å². The monoisotopic (exact) mass is 458 g/mol. The molecule has 33 heavy (non-hydrogen) atoms. The Balaban J connectivity index is 1.64. The summed E-state index contributed by atoms with van der Waals surface area (Å²) in [5, 5.41) is 6.49. The van der Waals surface area contributed by atoms with Gasteiger partial charge in [-0.1, -0.05) is 36.4 Å². The number of halogens is 4. The van der Waals surface area contributed by atoms with E-state index in [2.05, 4.69) is 15.4 Å². The van der Waals surface area contributed by atoms with Crippen molar-refractivity contribution in [2.75, 3.05) is 11.9 Å². The molecule has 0 aliphatic carbocycles. The van der Waals surface area contributed by atoms with E-state index >= 15 is 0 Å². The van der Waals surface area contributed by atoms with E-state index in [0.29, 0.717) is 11.1 Å². The van der Waals surface area contributed by atoms with E-state index in [0.717, 1.165) is 12.1 Å². The molecule has 2 heterocycles. The molecule has 10 heteroatoms. The second-order valence-electron chi connectivity index (χ2n) is 7.34. The minimum Gasteiger partial charge on any atom is -0.467 e. The molecule has 0 fully saturated rings. The van der Waals surface area contributed by atoms with E-state index in [9.17, 15) is 22.4 Å². The summed E-state index contributed by atoms with van der Waals surface area (Å²) >= 11 is 0. The average Bonchev–Trinajstić information content (AvgIpc) is 3.11. The number of hydrogen-bond acceptors (Lipinski definition) is 4. The Morgan fingerprint density at radius 1 is 1.12 bits per heavy atom. The number of nitrogens with zero attached hydrogens (tertiary/aromatic N) is 3. The summed E-state index contributed by atoms with van der Waals surface area (Å²) in [5.41, 5.74) is 0.236. The van der Waals surface area contributed by atoms with Gasteiger partial charge < -0.3 is 10.1 Å². The van der Waals surface area contributed by atoms with Crippen LogP contribution >= 0.6 is 0 Å². The Morgan fingerprint density at radius 3 is 2.52 bits per heavy atom. The Morgan fingerprint density at radius 2 is 1.85 bits per heavy atom. The SMILES string of the molecule is Cc1ccc(NC(=O)COc2cc(C(F)(F)F)c3c(-c4ccccc4)nn(C)c3n2)cc1F. The molecular formula is C23H18F4N4O2. The zero-order chi connectivity index (χ0) is 23.8. The van der Waals surface area contributed by atoms with Crippen molar-refractivity contribution in [1.82, 2.24) is 14.8 Å². The largest absolute Gasteiger partial charge is 0.467 e. The molecule has 0 bridgehead atoms. The number of aryl methyl sites for hydroxylation is 2. The standard InChI is InChI=1S/C23H18F4N4O2/c1-13-8-9-15(10-17(13)24)28-18(32)12-33-19-11-16(23(25,26)27)20-21(14-6-4-3-5-7-14)30-31(2)22(20)29-19/h3-11H,12H2,1-2H3,(H,28,32). The molecule has 0 atom stereocenters. The van der Waals surface area contributed by atoms with E-state index in [-0.39, 0.29) is 28.3 Å². The summed E-state index contributed by atoms with van der Waals surface area (Å²) in [6.45, 7) is 0.959. The van der Waals surface area contributed by atoms with Crippen LogP contribution in [0.15, 0.2) is 54.6 Å². The Kier molecular flexibility index (Phi) is 5.75. The Bertz CT molecular complexity index is 1330. The molecule has 6 nitrogen and oxygen atoms in total. The van der Waals surface area contributed by atoms with Gasteiger partial charge in [0.1, 0.15) is 11.5 Å². The minimum atomic E-state index is -4.71. The van der Waals surface area contributed by atoms with Gasteiger partial charge in [0.25, 0.3) is 5.91 Å². The zero-order valence-corrected chi connectivity index (χ0v) is 17.6. The highest BCUT2D eigenvalue weighted by Crippen LogP contribution is 2.40. The summed E-state index contributed by atoms with van der Waals surface area (Å²) < 4.78 is 61.9. The number of pyridine rings is 1. The molecule has 0 unspecified atom stereocenters. The third-order valence-corrected chi connectivity index (χ3v) is 4.93. The third-order valence-electron chi connectivity index (χ3n) is 4.93. The number of ether oxygens (including phenoxy) is 1. The Hall–Kier alpha value is -3.95. The van der Waals surface area contributed by atoms with Gasteiger partial charge in [-0.2, -0.15) is 23.3 Å². The number of nitrogens with one attached hydrogen (secondary N) is 1. The lowest BCUT2D eigenvalue weighted by molar-refractivity contribution is -0.136. The predicted molar refractivity (Wildman–Crippen MR) is 114 cm³/mol. The number of carbonyl (C=O) groups is 1. The molecule has 2 aromatic carbocycles. The highest BCUT2D eigenvalue weighted by molar-refractivity contribution is 5.95. The molecule has 0 aliphatic heterocycles. The number of anilines is 1. The first kappa shape index (κ1) is 22.3. The van der Waals surface area contributed by atoms with Crippen molar-refractivity contribution < 1.29 is 27.1 Å². The molecule has 1 amide bonds. The number of amides is 1. The van der Waals surface area contributed by atoms with Gasteiger partial charge >= 0.3 is 6.18 Å². The molecule has 170 valence electrons. The van der Waals surface area contributed by atoms with Crippen LogP contribution in [-0.2, 0) is 18.0 Å². The first-order valence-electron chi connectivity index (χ1n) is 9.82. The summed E-state index contributed by atoms with van der Waals surface area (Å²) in [6.07, 6.45) is -4.71. The van der Waals surface area contributed by atoms with E-state index < -0.39 is 30.1 Å². The topological polar surface area (TPSA) is 69.0 Å². The number of rotatable bonds is 5. The van der Waals surface area contributed by atoms with Crippen LogP contribution < -0.4 is 10.1 Å². The summed E-state index contributed by atoms with van der Waals surface area (Å²) in [6, 6.07) is 13.3. The Labute approximate surface area is 185 Å². The van der Waals surface area contributed by atoms with Crippen molar-refractivity contribution in [2.24, 2.45) is 7.05 Å². The summed E-state index contributed by atoms with van der Waals surface area (Å²) in [4.78, 5) is 16.3. The number of fused-ring (bicyclic) bond motifs is 1. The first-order chi connectivity index (χ1) is 15.6. The lowest BCUT2D eigenvalue weighted by atomic mass is 10.0. The molecule has 0 spiro atoms. The van der Waals surface area contributed by atoms with Crippen LogP contribution in [0.5, 0.6) is 5.88 Å². The van der Waals surface area contributed by atoms with Crippen molar-refractivity contribution in [2.45, 2.75) is 13.1 Å². The van der Waals surface area contributed by atoms with Crippen LogP contribution in [0.1, 0.15) is 11.1 Å². The predicted octanol–water partition coefficient (Wildman–Crippen LogP) is 5.12. The molecule has 0 aliphatic rings. The fourth-order valence-electron chi connectivity index (χ4n) is 3.33. The van der Waals surface area contributed by atoms with E-state index in [1.54, 1.807) is 37.3 Å². The number of hydrogen-bond donors (Lipinski definition) is 1. The summed E-state index contributed by atoms with van der Waals surface area (Å²) in [5.74, 6) is -1.56. The second-order valence-corrected chi connectivity index (χ2v) is 7.34. The maximum absolute atomic E-state index is 13.9. The van der Waals surface area contributed by atoms with Gasteiger partial charge in [0.2, 0.25) is 5.88 Å². The number of alkyl halides is 3. The van der Waals surface area contributed by atoms with Gasteiger partial charge in [-0.3, -0.25) is 4.79 Å². The van der Waals surface area contributed by atoms with Crippen molar-refractivity contribution >= 4 is 22.6 Å². The molecule has 0 saturated carbocycles. The molecule has 0 radical (unpaired) electrons. The number of benzene rings is 2. The van der Waals surface area contributed by atoms with Crippen molar-refractivity contribution in [3.63, 3.8) is 0 Å². The highest BCUT2D eigenvalue weighted by Gasteiger charge is 2.36. The maximum atomic E-state index is 13.9. The van der Waals surface area contributed by atoms with Crippen LogP contribution in [0.3, 0.4) is 0 Å². The molecule has 4 aromatic rings. The molecule has 2 aromatic heterocycles. The van der Waals surface area contributed by atoms with Gasteiger partial charge in [-0.25, -0.2) is 9.07 Å². The molecule has 1 N–H and O–H groups in total. The molecular weight excluding hydrogens is 440 g/mol. The lowest BCUT2D eigenvalue weighted by Gasteiger charge is -2.12. The number of carbonyl (C=O) groups excluding carboxylic acids is 1. The van der Waals surface area contributed by atoms with E-state index in [4.69, 9.17) is 4.74 Å². The van der Waals surface area contributed by atoms with Gasteiger partial charge in [-0.15, -0.1) is 0 Å². The third kappa shape index (κ3) is 4.64. The van der Waals surface area contributed by atoms with Gasteiger partial charge in [0.15, 0.2) is 12.3 Å². The van der Waals surface area contributed by atoms with Crippen molar-refractivity contribution in [3.8, 4) is 17.1 Å². The fraction of sp³-hybridized carbons (Fsp3) is 0.174. The molecule has 4 rings (SSSR count). The molecule has 0 saturated heterocycles. The van der Waals surface area contributed by atoms with Crippen LogP contribution in [0.4, 0.5) is 23.2 Å². The van der Waals surface area contributed by atoms with Crippen molar-refractivity contribution in [1.29, 1.82) is 0 Å². The normalized spacial score (nSPS) is 11.6. The van der Waals surface area contributed by atoms with Crippen molar-refractivity contribution in [3.05, 3.63) is 71.5 Å². The lowest BCUT2D eigenvalue weighted by Crippen LogP contribution is -2.21. The second kappa shape index (κ2) is 8.53. The zero-order valence-electron chi connectivity index (χ0n) is 17.6. The van der Waals surface area contributed by atoms with Crippen LogP contribution in [-0.4, -0.2) is 27.3 Å². The number of aromatic nitrogens is 3. The van der Waals surface area contributed by atoms with E-state index in [1.807, 2.05) is 0 Å². The van der Waals surface area contributed by atoms with Crippen LogP contribution in [0.2, 0.25) is 0 Å². The fourth-order valence-corrected chi connectivity index (χ4v) is 3.33. The summed E-state index contributed by atoms with van der Waals surface area (Å²) in [7, 11) is 1.48. The van der Waals surface area contributed by atoms with Gasteiger partial charge in [0, 0.05) is 24.4 Å². The average molecular weight is 458 g/mol. The van der Waals surface area contributed by atoms with Crippen LogP contribution in [0, 0.1) is 12.7 Å². The first-order valence-corrected chi connectivity index (χ1v) is 9.82. The van der Waals surface area contributed by atoms with Crippen LogP contribution in [0.25, 0.3) is 22.3 Å². The van der Waals surface area contributed by atoms with Gasteiger partial charge in [0.05, 0.1) is 10.9 Å². The quantitative estimate of drug-likeness (QED) is 0.422. The van der Waals surface area contributed by atoms with E-state index in [1.165, 1.54) is 23.9 Å². The minimum absolute atomic E-state index is 0.0420. The maximum Gasteiger partial charge on any atom is 0.417 e.